The van der Waals surface area contributed by atoms with Crippen molar-refractivity contribution in [2.45, 2.75) is 40.0 Å². The van der Waals surface area contributed by atoms with Crippen LogP contribution in [0, 0.1) is 13.8 Å². The SMILES string of the molecule is Cc1cccc(OCCNC(=O)Nc2ccc(C(C)(C)C)cc2)c1C. The predicted octanol–water partition coefficient (Wildman–Crippen LogP) is 4.80. The van der Waals surface area contributed by atoms with E-state index < -0.39 is 0 Å². The second-order valence-electron chi connectivity index (χ2n) is 7.25. The second kappa shape index (κ2) is 8.06. The number of nitrogens with one attached hydrogen (secondary N) is 2. The van der Waals surface area contributed by atoms with Crippen molar-refractivity contribution in [2.24, 2.45) is 0 Å². The summed E-state index contributed by atoms with van der Waals surface area (Å²) in [5.74, 6) is 0.861. The zero-order valence-corrected chi connectivity index (χ0v) is 15.8. The second-order valence-corrected chi connectivity index (χ2v) is 7.25. The summed E-state index contributed by atoms with van der Waals surface area (Å²) in [5.41, 5.74) is 4.45. The Kier molecular flexibility index (Phi) is 6.07. The highest BCUT2D eigenvalue weighted by Crippen LogP contribution is 2.23. The number of carbonyl (C=O) groups is 1. The van der Waals surface area contributed by atoms with Crippen LogP contribution in [0.1, 0.15) is 37.5 Å². The molecular weight excluding hydrogens is 312 g/mol. The van der Waals surface area contributed by atoms with E-state index in [2.05, 4.69) is 44.4 Å². The number of hydrogen-bond acceptors (Lipinski definition) is 2. The largest absolute Gasteiger partial charge is 0.491 e. The van der Waals surface area contributed by atoms with Gasteiger partial charge in [0.15, 0.2) is 0 Å². The van der Waals surface area contributed by atoms with Crippen LogP contribution in [0.5, 0.6) is 5.75 Å². The highest BCUT2D eigenvalue weighted by atomic mass is 16.5. The van der Waals surface area contributed by atoms with Crippen LogP contribution in [0.3, 0.4) is 0 Å². The first-order valence-electron chi connectivity index (χ1n) is 8.62. The summed E-state index contributed by atoms with van der Waals surface area (Å²) in [4.78, 5) is 11.9. The molecule has 0 saturated carbocycles. The molecule has 2 amide bonds. The minimum absolute atomic E-state index is 0.103. The number of hydrogen-bond donors (Lipinski definition) is 2. The lowest BCUT2D eigenvalue weighted by molar-refractivity contribution is 0.247. The maximum Gasteiger partial charge on any atom is 0.319 e. The molecule has 2 aromatic rings. The molecule has 25 heavy (non-hydrogen) atoms. The lowest BCUT2D eigenvalue weighted by Crippen LogP contribution is -2.32. The molecule has 0 radical (unpaired) electrons. The van der Waals surface area contributed by atoms with Gasteiger partial charge in [0.25, 0.3) is 0 Å². The van der Waals surface area contributed by atoms with Crippen LogP contribution < -0.4 is 15.4 Å². The molecule has 0 aliphatic heterocycles. The van der Waals surface area contributed by atoms with Gasteiger partial charge in [0.05, 0.1) is 6.54 Å². The molecule has 0 aliphatic rings. The van der Waals surface area contributed by atoms with Crippen LogP contribution >= 0.6 is 0 Å². The van der Waals surface area contributed by atoms with Crippen LogP contribution in [-0.4, -0.2) is 19.2 Å². The van der Waals surface area contributed by atoms with E-state index in [1.54, 1.807) is 0 Å². The molecule has 0 aromatic heterocycles. The third-order valence-electron chi connectivity index (χ3n) is 4.21. The van der Waals surface area contributed by atoms with Gasteiger partial charge in [0.2, 0.25) is 0 Å². The fourth-order valence-corrected chi connectivity index (χ4v) is 2.43. The quantitative estimate of drug-likeness (QED) is 0.768. The first-order valence-corrected chi connectivity index (χ1v) is 8.62. The molecule has 0 heterocycles. The molecule has 2 N–H and O–H groups in total. The number of amides is 2. The fraction of sp³-hybridized carbons (Fsp3) is 0.381. The maximum absolute atomic E-state index is 11.9. The van der Waals surface area contributed by atoms with E-state index in [0.29, 0.717) is 13.2 Å². The van der Waals surface area contributed by atoms with Crippen LogP contribution in [0.4, 0.5) is 10.5 Å². The Hall–Kier alpha value is -2.49. The van der Waals surface area contributed by atoms with Gasteiger partial charge in [0, 0.05) is 5.69 Å². The van der Waals surface area contributed by atoms with E-state index in [0.717, 1.165) is 17.0 Å². The number of carbonyl (C=O) groups excluding carboxylic acids is 1. The van der Waals surface area contributed by atoms with Crippen molar-refractivity contribution < 1.29 is 9.53 Å². The Morgan fingerprint density at radius 3 is 2.36 bits per heavy atom. The van der Waals surface area contributed by atoms with Crippen LogP contribution in [0.2, 0.25) is 0 Å². The molecule has 0 unspecified atom stereocenters. The Morgan fingerprint density at radius 1 is 1.04 bits per heavy atom. The Labute approximate surface area is 150 Å². The van der Waals surface area contributed by atoms with E-state index in [1.165, 1.54) is 11.1 Å². The van der Waals surface area contributed by atoms with Gasteiger partial charge in [-0.2, -0.15) is 0 Å². The Bertz CT molecular complexity index is 716. The number of aryl methyl sites for hydroxylation is 1. The van der Waals surface area contributed by atoms with E-state index in [4.69, 9.17) is 4.74 Å². The fourth-order valence-electron chi connectivity index (χ4n) is 2.43. The molecule has 0 bridgehead atoms. The lowest BCUT2D eigenvalue weighted by atomic mass is 9.87. The molecule has 2 aromatic carbocycles. The summed E-state index contributed by atoms with van der Waals surface area (Å²) in [6.45, 7) is 11.5. The van der Waals surface area contributed by atoms with E-state index in [9.17, 15) is 4.79 Å². The summed E-state index contributed by atoms with van der Waals surface area (Å²) in [7, 11) is 0. The van der Waals surface area contributed by atoms with E-state index >= 15 is 0 Å². The van der Waals surface area contributed by atoms with Gasteiger partial charge >= 0.3 is 6.03 Å². The maximum atomic E-state index is 11.9. The standard InChI is InChI=1S/C21H28N2O2/c1-15-7-6-8-19(16(15)2)25-14-13-22-20(24)23-18-11-9-17(10-12-18)21(3,4)5/h6-12H,13-14H2,1-5H3,(H2,22,23,24). The topological polar surface area (TPSA) is 50.4 Å². The molecule has 2 rings (SSSR count). The van der Waals surface area contributed by atoms with Gasteiger partial charge < -0.3 is 15.4 Å². The van der Waals surface area contributed by atoms with Crippen molar-refractivity contribution in [1.82, 2.24) is 5.32 Å². The van der Waals surface area contributed by atoms with Gasteiger partial charge in [-0.3, -0.25) is 0 Å². The van der Waals surface area contributed by atoms with Crippen molar-refractivity contribution in [2.75, 3.05) is 18.5 Å². The third-order valence-corrected chi connectivity index (χ3v) is 4.21. The molecule has 0 atom stereocenters. The van der Waals surface area contributed by atoms with E-state index in [1.807, 2.05) is 43.3 Å². The van der Waals surface area contributed by atoms with Crippen molar-refractivity contribution in [3.05, 3.63) is 59.2 Å². The van der Waals surface area contributed by atoms with Gasteiger partial charge in [-0.25, -0.2) is 4.79 Å². The summed E-state index contributed by atoms with van der Waals surface area (Å²) in [6.07, 6.45) is 0. The molecule has 0 saturated heterocycles. The van der Waals surface area contributed by atoms with Gasteiger partial charge in [-0.1, -0.05) is 45.0 Å². The molecule has 4 nitrogen and oxygen atoms in total. The van der Waals surface area contributed by atoms with Crippen LogP contribution in [-0.2, 0) is 5.41 Å². The van der Waals surface area contributed by atoms with Gasteiger partial charge in [0.1, 0.15) is 12.4 Å². The third kappa shape index (κ3) is 5.52. The summed E-state index contributed by atoms with van der Waals surface area (Å²) in [5, 5.41) is 5.64. The number of rotatable bonds is 5. The average molecular weight is 340 g/mol. The monoisotopic (exact) mass is 340 g/mol. The predicted molar refractivity (Wildman–Crippen MR) is 104 cm³/mol. The number of ether oxygens (including phenoxy) is 1. The average Bonchev–Trinajstić information content (AvgIpc) is 2.55. The van der Waals surface area contributed by atoms with Crippen LogP contribution in [0.25, 0.3) is 0 Å². The number of anilines is 1. The molecule has 0 aliphatic carbocycles. The van der Waals surface area contributed by atoms with Crippen molar-refractivity contribution in [3.8, 4) is 5.75 Å². The highest BCUT2D eigenvalue weighted by molar-refractivity contribution is 5.89. The Balaban J connectivity index is 1.76. The summed E-state index contributed by atoms with van der Waals surface area (Å²) in [6, 6.07) is 13.7. The first-order chi connectivity index (χ1) is 11.8. The van der Waals surface area contributed by atoms with Crippen LogP contribution in [0.15, 0.2) is 42.5 Å². The minimum Gasteiger partial charge on any atom is -0.491 e. The number of urea groups is 1. The van der Waals surface area contributed by atoms with Crippen molar-refractivity contribution in [1.29, 1.82) is 0 Å². The smallest absolute Gasteiger partial charge is 0.319 e. The number of benzene rings is 2. The zero-order valence-electron chi connectivity index (χ0n) is 15.8. The lowest BCUT2D eigenvalue weighted by Gasteiger charge is -2.19. The van der Waals surface area contributed by atoms with Crippen molar-refractivity contribution in [3.63, 3.8) is 0 Å². The van der Waals surface area contributed by atoms with Gasteiger partial charge in [-0.15, -0.1) is 0 Å². The molecule has 0 fully saturated rings. The molecule has 4 heteroatoms. The Morgan fingerprint density at radius 2 is 1.72 bits per heavy atom. The highest BCUT2D eigenvalue weighted by Gasteiger charge is 2.13. The molecular formula is C21H28N2O2. The zero-order chi connectivity index (χ0) is 18.4. The normalized spacial score (nSPS) is 11.1. The minimum atomic E-state index is -0.229. The first kappa shape index (κ1) is 18.8. The molecule has 134 valence electrons. The van der Waals surface area contributed by atoms with Crippen molar-refractivity contribution >= 4 is 11.7 Å². The summed E-state index contributed by atoms with van der Waals surface area (Å²) < 4.78 is 5.73. The summed E-state index contributed by atoms with van der Waals surface area (Å²) >= 11 is 0. The van der Waals surface area contributed by atoms with Gasteiger partial charge in [-0.05, 0) is 54.2 Å². The van der Waals surface area contributed by atoms with E-state index in [-0.39, 0.29) is 11.4 Å². The molecule has 0 spiro atoms.